The summed E-state index contributed by atoms with van der Waals surface area (Å²) in [7, 11) is 0. The normalized spacial score (nSPS) is 15.0. The van der Waals surface area contributed by atoms with Gasteiger partial charge in [0.15, 0.2) is 0 Å². The number of aryl methyl sites for hydroxylation is 1. The molecule has 0 radical (unpaired) electrons. The predicted octanol–water partition coefficient (Wildman–Crippen LogP) is 5.45. The van der Waals surface area contributed by atoms with E-state index in [1.165, 1.54) is 18.3 Å². The molecule has 1 aromatic carbocycles. The van der Waals surface area contributed by atoms with Gasteiger partial charge in [-0.05, 0) is 48.7 Å². The van der Waals surface area contributed by atoms with Crippen LogP contribution in [0.4, 0.5) is 24.7 Å². The van der Waals surface area contributed by atoms with Gasteiger partial charge in [-0.3, -0.25) is 9.78 Å². The molecule has 9 heteroatoms. The molecule has 1 aliphatic heterocycles. The third-order valence-electron chi connectivity index (χ3n) is 5.23. The summed E-state index contributed by atoms with van der Waals surface area (Å²) in [6, 6.07) is 10.6. The summed E-state index contributed by atoms with van der Waals surface area (Å²) >= 11 is 0. The van der Waals surface area contributed by atoms with E-state index in [2.05, 4.69) is 38.8 Å². The smallest absolute Gasteiger partial charge is 0.406 e. The van der Waals surface area contributed by atoms with E-state index in [-0.39, 0.29) is 11.2 Å². The van der Waals surface area contributed by atoms with E-state index >= 15 is 0 Å². The number of ether oxygens (including phenoxy) is 1. The number of alkyl halides is 3. The number of carbonyl (C=O) groups excluding carboxylic acids is 1. The second-order valence-corrected chi connectivity index (χ2v) is 8.83. The number of benzene rings is 1. The first-order valence-electron chi connectivity index (χ1n) is 10.3. The number of carbonyl (C=O) groups is 1. The fraction of sp³-hybridized carbons (Fsp3) is 0.292. The second kappa shape index (κ2) is 8.38. The third kappa shape index (κ3) is 5.42. The highest BCUT2D eigenvalue weighted by molar-refractivity contribution is 6.05. The zero-order valence-corrected chi connectivity index (χ0v) is 18.4. The van der Waals surface area contributed by atoms with Crippen molar-refractivity contribution in [1.29, 1.82) is 0 Å². The Labute approximate surface area is 189 Å². The SMILES string of the molecule is Cc1ccc(-c2cc(C(=O)Nc3ccc(OC(F)(F)F)cc3)cnc2N2CC(C)(C)C2)cn1. The number of aromatic nitrogens is 2. The quantitative estimate of drug-likeness (QED) is 0.553. The van der Waals surface area contributed by atoms with Crippen LogP contribution in [0.3, 0.4) is 0 Å². The van der Waals surface area contributed by atoms with Crippen LogP contribution < -0.4 is 15.0 Å². The Bertz CT molecular complexity index is 1150. The molecule has 3 aromatic rings. The first-order chi connectivity index (χ1) is 15.5. The summed E-state index contributed by atoms with van der Waals surface area (Å²) in [5.74, 6) is -0.00729. The average molecular weight is 456 g/mol. The summed E-state index contributed by atoms with van der Waals surface area (Å²) in [5.41, 5.74) is 3.37. The Morgan fingerprint density at radius 1 is 1.06 bits per heavy atom. The van der Waals surface area contributed by atoms with Gasteiger partial charge in [-0.2, -0.15) is 0 Å². The van der Waals surface area contributed by atoms with Gasteiger partial charge < -0.3 is 15.0 Å². The fourth-order valence-corrected chi connectivity index (χ4v) is 3.75. The van der Waals surface area contributed by atoms with Gasteiger partial charge in [0.1, 0.15) is 11.6 Å². The lowest BCUT2D eigenvalue weighted by molar-refractivity contribution is -0.274. The van der Waals surface area contributed by atoms with E-state index in [0.717, 1.165) is 47.9 Å². The first-order valence-corrected chi connectivity index (χ1v) is 10.3. The number of halogens is 3. The van der Waals surface area contributed by atoms with E-state index in [0.29, 0.717) is 11.3 Å². The van der Waals surface area contributed by atoms with Gasteiger partial charge in [0.25, 0.3) is 5.91 Å². The Morgan fingerprint density at radius 2 is 1.76 bits per heavy atom. The number of hydrogen-bond donors (Lipinski definition) is 1. The van der Waals surface area contributed by atoms with Gasteiger partial charge in [-0.1, -0.05) is 19.9 Å². The lowest BCUT2D eigenvalue weighted by Crippen LogP contribution is -2.53. The van der Waals surface area contributed by atoms with E-state index in [4.69, 9.17) is 0 Å². The van der Waals surface area contributed by atoms with Crippen molar-refractivity contribution in [3.63, 3.8) is 0 Å². The minimum Gasteiger partial charge on any atom is -0.406 e. The molecule has 0 bridgehead atoms. The molecule has 33 heavy (non-hydrogen) atoms. The Balaban J connectivity index is 1.58. The van der Waals surface area contributed by atoms with Crippen LogP contribution >= 0.6 is 0 Å². The third-order valence-corrected chi connectivity index (χ3v) is 5.23. The number of nitrogens with one attached hydrogen (secondary N) is 1. The molecule has 1 aliphatic rings. The zero-order chi connectivity index (χ0) is 23.8. The van der Waals surface area contributed by atoms with Crippen molar-refractivity contribution < 1.29 is 22.7 Å². The second-order valence-electron chi connectivity index (χ2n) is 8.83. The molecule has 172 valence electrons. The van der Waals surface area contributed by atoms with Crippen molar-refractivity contribution >= 4 is 17.4 Å². The fourth-order valence-electron chi connectivity index (χ4n) is 3.75. The van der Waals surface area contributed by atoms with Crippen molar-refractivity contribution in [3.05, 3.63) is 66.1 Å². The van der Waals surface area contributed by atoms with Crippen LogP contribution in [0.1, 0.15) is 29.9 Å². The lowest BCUT2D eigenvalue weighted by atomic mass is 9.84. The molecule has 0 spiro atoms. The Morgan fingerprint density at radius 3 is 2.33 bits per heavy atom. The van der Waals surface area contributed by atoms with Crippen LogP contribution in [-0.2, 0) is 0 Å². The molecule has 6 nitrogen and oxygen atoms in total. The summed E-state index contributed by atoms with van der Waals surface area (Å²) in [6.45, 7) is 7.97. The first kappa shape index (κ1) is 22.6. The highest BCUT2D eigenvalue weighted by Gasteiger charge is 2.36. The maximum absolute atomic E-state index is 12.8. The molecule has 2 aromatic heterocycles. The summed E-state index contributed by atoms with van der Waals surface area (Å²) in [6.07, 6.45) is -1.52. The maximum atomic E-state index is 12.8. The van der Waals surface area contributed by atoms with Crippen LogP contribution in [0, 0.1) is 12.3 Å². The van der Waals surface area contributed by atoms with Gasteiger partial charge in [0, 0.05) is 48.0 Å². The highest BCUT2D eigenvalue weighted by atomic mass is 19.4. The largest absolute Gasteiger partial charge is 0.573 e. The predicted molar refractivity (Wildman–Crippen MR) is 119 cm³/mol. The van der Waals surface area contributed by atoms with Gasteiger partial charge >= 0.3 is 6.36 Å². The zero-order valence-electron chi connectivity index (χ0n) is 18.4. The minimum atomic E-state index is -4.77. The molecule has 4 rings (SSSR count). The van der Waals surface area contributed by atoms with Crippen LogP contribution in [-0.4, -0.2) is 35.3 Å². The van der Waals surface area contributed by atoms with Crippen molar-refractivity contribution in [2.75, 3.05) is 23.3 Å². The van der Waals surface area contributed by atoms with Crippen LogP contribution in [0.25, 0.3) is 11.1 Å². The maximum Gasteiger partial charge on any atom is 0.573 e. The molecular formula is C24H23F3N4O2. The average Bonchev–Trinajstić information content (AvgIpc) is 2.72. The van der Waals surface area contributed by atoms with Crippen molar-refractivity contribution in [1.82, 2.24) is 9.97 Å². The van der Waals surface area contributed by atoms with Crippen molar-refractivity contribution in [2.45, 2.75) is 27.1 Å². The Hall–Kier alpha value is -3.62. The van der Waals surface area contributed by atoms with Crippen LogP contribution in [0.5, 0.6) is 5.75 Å². The number of nitrogens with zero attached hydrogens (tertiary/aromatic N) is 3. The number of pyridine rings is 2. The standard InChI is InChI=1S/C24H23F3N4O2/c1-15-4-5-16(11-28-15)20-10-17(12-29-21(20)31-13-23(2,3)14-31)22(32)30-18-6-8-19(9-7-18)33-24(25,26)27/h4-12H,13-14H2,1-3H3,(H,30,32). The Kier molecular flexibility index (Phi) is 5.73. The molecular weight excluding hydrogens is 433 g/mol. The van der Waals surface area contributed by atoms with E-state index in [1.807, 2.05) is 19.1 Å². The van der Waals surface area contributed by atoms with Gasteiger partial charge in [0.2, 0.25) is 0 Å². The summed E-state index contributed by atoms with van der Waals surface area (Å²) in [5, 5.41) is 2.68. The molecule has 0 unspecified atom stereocenters. The lowest BCUT2D eigenvalue weighted by Gasteiger charge is -2.47. The topological polar surface area (TPSA) is 67.3 Å². The molecule has 3 heterocycles. The number of hydrogen-bond acceptors (Lipinski definition) is 5. The molecule has 1 N–H and O–H groups in total. The molecule has 1 amide bonds. The van der Waals surface area contributed by atoms with E-state index < -0.39 is 12.3 Å². The molecule has 0 atom stereocenters. The van der Waals surface area contributed by atoms with Crippen molar-refractivity contribution in [2.24, 2.45) is 5.41 Å². The van der Waals surface area contributed by atoms with Crippen LogP contribution in [0.15, 0.2) is 54.9 Å². The van der Waals surface area contributed by atoms with E-state index in [9.17, 15) is 18.0 Å². The molecule has 0 aliphatic carbocycles. The van der Waals surface area contributed by atoms with Gasteiger partial charge in [-0.25, -0.2) is 4.98 Å². The van der Waals surface area contributed by atoms with Crippen molar-refractivity contribution in [3.8, 4) is 16.9 Å². The summed E-state index contributed by atoms with van der Waals surface area (Å²) < 4.78 is 40.8. The monoisotopic (exact) mass is 456 g/mol. The van der Waals surface area contributed by atoms with Crippen LogP contribution in [0.2, 0.25) is 0 Å². The number of amides is 1. The highest BCUT2D eigenvalue weighted by Crippen LogP contribution is 2.38. The van der Waals surface area contributed by atoms with Gasteiger partial charge in [-0.15, -0.1) is 13.2 Å². The molecule has 1 fully saturated rings. The molecule has 1 saturated heterocycles. The summed E-state index contributed by atoms with van der Waals surface area (Å²) in [4.78, 5) is 23.9. The van der Waals surface area contributed by atoms with E-state index in [1.54, 1.807) is 12.3 Å². The molecule has 0 saturated carbocycles. The van der Waals surface area contributed by atoms with Gasteiger partial charge in [0.05, 0.1) is 5.56 Å². The number of anilines is 2. The minimum absolute atomic E-state index is 0.197. The number of rotatable bonds is 5.